The van der Waals surface area contributed by atoms with Gasteiger partial charge in [-0.05, 0) is 25.1 Å². The van der Waals surface area contributed by atoms with Gasteiger partial charge in [-0.25, -0.2) is 4.98 Å². The fourth-order valence-electron chi connectivity index (χ4n) is 2.92. The lowest BCUT2D eigenvalue weighted by Gasteiger charge is -2.04. The Kier molecular flexibility index (Phi) is 4.53. The number of nitrogens with zero attached hydrogens (tertiary/aromatic N) is 4. The van der Waals surface area contributed by atoms with E-state index in [9.17, 15) is 4.79 Å². The highest BCUT2D eigenvalue weighted by molar-refractivity contribution is 7.99. The first kappa shape index (κ1) is 16.5. The molecular formula is C19H17N5OS. The van der Waals surface area contributed by atoms with Crippen LogP contribution in [0.4, 0.5) is 5.69 Å². The predicted molar refractivity (Wildman–Crippen MR) is 104 cm³/mol. The van der Waals surface area contributed by atoms with Crippen molar-refractivity contribution in [3.63, 3.8) is 0 Å². The fourth-order valence-corrected chi connectivity index (χ4v) is 3.50. The van der Waals surface area contributed by atoms with E-state index in [2.05, 4.69) is 38.1 Å². The number of aryl methyl sites for hydroxylation is 1. The molecule has 2 aromatic carbocycles. The van der Waals surface area contributed by atoms with Crippen molar-refractivity contribution in [2.75, 3.05) is 11.1 Å². The van der Waals surface area contributed by atoms with Gasteiger partial charge in [-0.3, -0.25) is 4.79 Å². The zero-order valence-electron chi connectivity index (χ0n) is 14.2. The summed E-state index contributed by atoms with van der Waals surface area (Å²) in [5.74, 6) is 0.134. The number of benzene rings is 2. The number of thioether (sulfide) groups is 1. The van der Waals surface area contributed by atoms with Crippen molar-refractivity contribution >= 4 is 45.4 Å². The predicted octanol–water partition coefficient (Wildman–Crippen LogP) is 3.73. The standard InChI is InChI=1S/C19H17N5OS/c1-2-24-15-11-7-6-10-14(15)17-18(24)21-19(23-22-17)26-12-16(25)20-13-8-4-3-5-9-13/h3-11H,2,12H2,1H3,(H,20,25). The molecule has 0 spiro atoms. The third-order valence-electron chi connectivity index (χ3n) is 4.06. The van der Waals surface area contributed by atoms with E-state index in [0.29, 0.717) is 5.16 Å². The molecular weight excluding hydrogens is 346 g/mol. The number of carbonyl (C=O) groups excluding carboxylic acids is 1. The van der Waals surface area contributed by atoms with E-state index in [0.717, 1.165) is 34.3 Å². The van der Waals surface area contributed by atoms with E-state index in [1.165, 1.54) is 11.8 Å². The Morgan fingerprint density at radius 1 is 1.08 bits per heavy atom. The number of carbonyl (C=O) groups is 1. The van der Waals surface area contributed by atoms with E-state index < -0.39 is 0 Å². The first-order valence-corrected chi connectivity index (χ1v) is 9.34. The van der Waals surface area contributed by atoms with Gasteiger partial charge in [0, 0.05) is 17.6 Å². The maximum atomic E-state index is 12.1. The van der Waals surface area contributed by atoms with E-state index in [4.69, 9.17) is 0 Å². The van der Waals surface area contributed by atoms with E-state index >= 15 is 0 Å². The third kappa shape index (κ3) is 3.13. The van der Waals surface area contributed by atoms with Crippen molar-refractivity contribution in [1.29, 1.82) is 0 Å². The Morgan fingerprint density at radius 2 is 1.85 bits per heavy atom. The van der Waals surface area contributed by atoms with Crippen LogP contribution in [0.25, 0.3) is 22.1 Å². The molecule has 1 amide bonds. The number of anilines is 1. The summed E-state index contributed by atoms with van der Waals surface area (Å²) < 4.78 is 2.12. The van der Waals surface area contributed by atoms with Crippen LogP contribution in [0.1, 0.15) is 6.92 Å². The van der Waals surface area contributed by atoms with Crippen LogP contribution < -0.4 is 5.32 Å². The summed E-state index contributed by atoms with van der Waals surface area (Å²) in [6.07, 6.45) is 0. The monoisotopic (exact) mass is 363 g/mol. The third-order valence-corrected chi connectivity index (χ3v) is 4.90. The summed E-state index contributed by atoms with van der Waals surface area (Å²) in [7, 11) is 0. The molecule has 0 saturated carbocycles. The first-order chi connectivity index (χ1) is 12.8. The van der Waals surface area contributed by atoms with Gasteiger partial charge in [0.25, 0.3) is 0 Å². The summed E-state index contributed by atoms with van der Waals surface area (Å²) in [5, 5.41) is 12.9. The van der Waals surface area contributed by atoms with Gasteiger partial charge in [-0.15, -0.1) is 10.2 Å². The van der Waals surface area contributed by atoms with E-state index in [1.807, 2.05) is 48.5 Å². The summed E-state index contributed by atoms with van der Waals surface area (Å²) in [6, 6.07) is 17.5. The van der Waals surface area contributed by atoms with Crippen LogP contribution in [0.2, 0.25) is 0 Å². The summed E-state index contributed by atoms with van der Waals surface area (Å²) in [4.78, 5) is 16.7. The summed E-state index contributed by atoms with van der Waals surface area (Å²) >= 11 is 1.28. The maximum absolute atomic E-state index is 12.1. The minimum Gasteiger partial charge on any atom is -0.325 e. The van der Waals surface area contributed by atoms with Crippen LogP contribution in [0, 0.1) is 0 Å². The average molecular weight is 363 g/mol. The minimum absolute atomic E-state index is 0.0964. The lowest BCUT2D eigenvalue weighted by molar-refractivity contribution is -0.113. The van der Waals surface area contributed by atoms with Crippen LogP contribution in [0.15, 0.2) is 59.8 Å². The Labute approximate surface area is 154 Å². The molecule has 2 aromatic heterocycles. The molecule has 130 valence electrons. The first-order valence-electron chi connectivity index (χ1n) is 8.35. The van der Waals surface area contributed by atoms with Crippen molar-refractivity contribution < 1.29 is 4.79 Å². The Hall–Kier alpha value is -2.93. The van der Waals surface area contributed by atoms with Crippen LogP contribution in [0.5, 0.6) is 0 Å². The van der Waals surface area contributed by atoms with Crippen molar-refractivity contribution in [3.8, 4) is 0 Å². The fraction of sp³-hybridized carbons (Fsp3) is 0.158. The lowest BCUT2D eigenvalue weighted by Crippen LogP contribution is -2.14. The molecule has 0 unspecified atom stereocenters. The number of para-hydroxylation sites is 2. The number of amides is 1. The molecule has 0 aliphatic carbocycles. The Balaban J connectivity index is 1.56. The molecule has 0 aliphatic heterocycles. The molecule has 26 heavy (non-hydrogen) atoms. The topological polar surface area (TPSA) is 72.7 Å². The molecule has 0 saturated heterocycles. The number of hydrogen-bond acceptors (Lipinski definition) is 5. The van der Waals surface area contributed by atoms with Crippen molar-refractivity contribution in [3.05, 3.63) is 54.6 Å². The van der Waals surface area contributed by atoms with E-state index in [1.54, 1.807) is 0 Å². The largest absolute Gasteiger partial charge is 0.325 e. The summed E-state index contributed by atoms with van der Waals surface area (Å²) in [5.41, 5.74) is 3.46. The number of rotatable bonds is 5. The zero-order valence-corrected chi connectivity index (χ0v) is 15.0. The van der Waals surface area contributed by atoms with Crippen molar-refractivity contribution in [2.45, 2.75) is 18.6 Å². The van der Waals surface area contributed by atoms with Crippen LogP contribution >= 0.6 is 11.8 Å². The molecule has 1 N–H and O–H groups in total. The number of aromatic nitrogens is 4. The molecule has 4 rings (SSSR count). The second-order valence-corrected chi connectivity index (χ2v) is 6.67. The molecule has 0 fully saturated rings. The van der Waals surface area contributed by atoms with Crippen LogP contribution in [0.3, 0.4) is 0 Å². The van der Waals surface area contributed by atoms with Gasteiger partial charge < -0.3 is 9.88 Å². The van der Waals surface area contributed by atoms with Crippen LogP contribution in [-0.2, 0) is 11.3 Å². The second-order valence-electron chi connectivity index (χ2n) is 5.73. The van der Waals surface area contributed by atoms with Gasteiger partial charge in [0.2, 0.25) is 11.1 Å². The molecule has 0 aliphatic rings. The molecule has 0 bridgehead atoms. The quantitative estimate of drug-likeness (QED) is 0.547. The highest BCUT2D eigenvalue weighted by atomic mass is 32.2. The summed E-state index contributed by atoms with van der Waals surface area (Å²) in [6.45, 7) is 2.87. The van der Waals surface area contributed by atoms with Gasteiger partial charge in [0.15, 0.2) is 5.65 Å². The second kappa shape index (κ2) is 7.13. The SMILES string of the molecule is CCn1c2ccccc2c2nnc(SCC(=O)Nc3ccccc3)nc21. The van der Waals surface area contributed by atoms with Gasteiger partial charge in [0.05, 0.1) is 11.3 Å². The molecule has 7 heteroatoms. The zero-order chi connectivity index (χ0) is 17.9. The van der Waals surface area contributed by atoms with Gasteiger partial charge in [-0.1, -0.05) is 48.2 Å². The number of fused-ring (bicyclic) bond motifs is 3. The van der Waals surface area contributed by atoms with Crippen molar-refractivity contribution in [1.82, 2.24) is 19.7 Å². The minimum atomic E-state index is -0.0964. The highest BCUT2D eigenvalue weighted by Crippen LogP contribution is 2.26. The Morgan fingerprint density at radius 3 is 2.65 bits per heavy atom. The maximum Gasteiger partial charge on any atom is 0.234 e. The van der Waals surface area contributed by atoms with E-state index in [-0.39, 0.29) is 11.7 Å². The highest BCUT2D eigenvalue weighted by Gasteiger charge is 2.14. The smallest absolute Gasteiger partial charge is 0.234 e. The molecule has 0 atom stereocenters. The molecule has 0 radical (unpaired) electrons. The Bertz CT molecular complexity index is 1080. The van der Waals surface area contributed by atoms with Gasteiger partial charge >= 0.3 is 0 Å². The number of hydrogen-bond donors (Lipinski definition) is 1. The lowest BCUT2D eigenvalue weighted by atomic mass is 10.2. The molecule has 2 heterocycles. The van der Waals surface area contributed by atoms with Crippen LogP contribution in [-0.4, -0.2) is 31.4 Å². The number of nitrogens with one attached hydrogen (secondary N) is 1. The normalized spacial score (nSPS) is 11.1. The average Bonchev–Trinajstić information content (AvgIpc) is 3.00. The van der Waals surface area contributed by atoms with Gasteiger partial charge in [0.1, 0.15) is 5.52 Å². The molecule has 6 nitrogen and oxygen atoms in total. The van der Waals surface area contributed by atoms with Gasteiger partial charge in [-0.2, -0.15) is 0 Å². The molecule has 4 aromatic rings. The van der Waals surface area contributed by atoms with Crippen molar-refractivity contribution in [2.24, 2.45) is 0 Å².